The maximum Gasteiger partial charge on any atom is 0.128 e. The van der Waals surface area contributed by atoms with Crippen LogP contribution in [0.2, 0.25) is 0 Å². The fourth-order valence-corrected chi connectivity index (χ4v) is 2.79. The highest BCUT2D eigenvalue weighted by Crippen LogP contribution is 2.28. The highest BCUT2D eigenvalue weighted by Gasteiger charge is 2.29. The second-order valence-corrected chi connectivity index (χ2v) is 5.61. The molecular formula is C15H24N2O2. The number of aromatic nitrogens is 1. The molecule has 0 atom stereocenters. The number of rotatable bonds is 5. The van der Waals surface area contributed by atoms with Crippen molar-refractivity contribution >= 4 is 0 Å². The monoisotopic (exact) mass is 264 g/mol. The summed E-state index contributed by atoms with van der Waals surface area (Å²) >= 11 is 0. The lowest BCUT2D eigenvalue weighted by Gasteiger charge is -2.23. The van der Waals surface area contributed by atoms with Gasteiger partial charge in [-0.2, -0.15) is 0 Å². The molecule has 106 valence electrons. The van der Waals surface area contributed by atoms with E-state index in [1.807, 2.05) is 20.0 Å². The summed E-state index contributed by atoms with van der Waals surface area (Å²) in [4.78, 5) is 4.43. The van der Waals surface area contributed by atoms with Crippen LogP contribution in [0.1, 0.15) is 42.5 Å². The minimum Gasteiger partial charge on any atom is -0.496 e. The Morgan fingerprint density at radius 2 is 2.00 bits per heavy atom. The fraction of sp³-hybridized carbons (Fsp3) is 0.667. The summed E-state index contributed by atoms with van der Waals surface area (Å²) in [7, 11) is 1.69. The van der Waals surface area contributed by atoms with Crippen LogP contribution in [-0.4, -0.2) is 24.2 Å². The van der Waals surface area contributed by atoms with Crippen molar-refractivity contribution in [2.45, 2.75) is 51.7 Å². The molecule has 1 aromatic rings. The zero-order chi connectivity index (χ0) is 13.9. The molecule has 2 rings (SSSR count). The van der Waals surface area contributed by atoms with Crippen molar-refractivity contribution in [3.05, 3.63) is 23.0 Å². The Morgan fingerprint density at radius 3 is 2.63 bits per heavy atom. The van der Waals surface area contributed by atoms with E-state index in [9.17, 15) is 0 Å². The van der Waals surface area contributed by atoms with Gasteiger partial charge < -0.3 is 15.2 Å². The molecule has 4 nitrogen and oxygen atoms in total. The number of aryl methyl sites for hydroxylation is 1. The van der Waals surface area contributed by atoms with Crippen molar-refractivity contribution in [1.29, 1.82) is 0 Å². The normalized spacial score (nSPS) is 17.7. The third-order valence-electron chi connectivity index (χ3n) is 3.98. The third kappa shape index (κ3) is 3.25. The van der Waals surface area contributed by atoms with Crippen molar-refractivity contribution in [2.24, 2.45) is 5.73 Å². The fourth-order valence-electron chi connectivity index (χ4n) is 2.79. The van der Waals surface area contributed by atoms with Crippen molar-refractivity contribution < 1.29 is 9.47 Å². The highest BCUT2D eigenvalue weighted by atomic mass is 16.5. The summed E-state index contributed by atoms with van der Waals surface area (Å²) in [6.45, 7) is 5.13. The second-order valence-electron chi connectivity index (χ2n) is 5.61. The van der Waals surface area contributed by atoms with Crippen LogP contribution < -0.4 is 10.5 Å². The first-order chi connectivity index (χ1) is 9.06. The molecule has 2 N–H and O–H groups in total. The Balaban J connectivity index is 1.96. The van der Waals surface area contributed by atoms with Crippen LogP contribution in [-0.2, 0) is 11.3 Å². The minimum atomic E-state index is -0.122. The Bertz CT molecular complexity index is 440. The molecule has 1 aliphatic carbocycles. The molecule has 0 bridgehead atoms. The average Bonchev–Trinajstić information content (AvgIpc) is 2.80. The molecule has 1 aliphatic rings. The number of ether oxygens (including phenoxy) is 2. The van der Waals surface area contributed by atoms with E-state index in [0.29, 0.717) is 13.2 Å². The van der Waals surface area contributed by atoms with E-state index in [4.69, 9.17) is 15.2 Å². The van der Waals surface area contributed by atoms with Crippen LogP contribution >= 0.6 is 0 Å². The van der Waals surface area contributed by atoms with Gasteiger partial charge in [0.05, 0.1) is 26.0 Å². The SMILES string of the molecule is COc1c(C)cnc(COCC2(N)CCCC2)c1C. The second kappa shape index (κ2) is 5.88. The zero-order valence-electron chi connectivity index (χ0n) is 12.2. The lowest BCUT2D eigenvalue weighted by Crippen LogP contribution is -2.41. The average molecular weight is 264 g/mol. The Labute approximate surface area is 115 Å². The lowest BCUT2D eigenvalue weighted by atomic mass is 10.0. The van der Waals surface area contributed by atoms with Gasteiger partial charge >= 0.3 is 0 Å². The van der Waals surface area contributed by atoms with E-state index in [1.54, 1.807) is 7.11 Å². The summed E-state index contributed by atoms with van der Waals surface area (Å²) < 4.78 is 11.2. The maximum atomic E-state index is 6.27. The van der Waals surface area contributed by atoms with Crippen molar-refractivity contribution in [3.8, 4) is 5.75 Å². The molecular weight excluding hydrogens is 240 g/mol. The van der Waals surface area contributed by atoms with Gasteiger partial charge in [-0.25, -0.2) is 0 Å². The van der Waals surface area contributed by atoms with Gasteiger partial charge in [0.1, 0.15) is 5.75 Å². The summed E-state index contributed by atoms with van der Waals surface area (Å²) in [5.74, 6) is 0.900. The quantitative estimate of drug-likeness (QED) is 0.887. The van der Waals surface area contributed by atoms with Gasteiger partial charge in [-0.15, -0.1) is 0 Å². The minimum absolute atomic E-state index is 0.122. The van der Waals surface area contributed by atoms with Gasteiger partial charge in [0.25, 0.3) is 0 Å². The Hall–Kier alpha value is -1.13. The summed E-state index contributed by atoms with van der Waals surface area (Å²) in [6, 6.07) is 0. The molecule has 0 aliphatic heterocycles. The molecule has 0 spiro atoms. The molecule has 1 saturated carbocycles. The lowest BCUT2D eigenvalue weighted by molar-refractivity contribution is 0.0727. The molecule has 0 aromatic carbocycles. The predicted molar refractivity (Wildman–Crippen MR) is 75.3 cm³/mol. The molecule has 1 heterocycles. The molecule has 4 heteroatoms. The summed E-state index contributed by atoms with van der Waals surface area (Å²) in [5, 5.41) is 0. The van der Waals surface area contributed by atoms with E-state index in [1.165, 1.54) is 12.8 Å². The maximum absolute atomic E-state index is 6.27. The number of nitrogens with two attached hydrogens (primary N) is 1. The Kier molecular flexibility index (Phi) is 4.42. The van der Waals surface area contributed by atoms with Gasteiger partial charge in [0.2, 0.25) is 0 Å². The first-order valence-electron chi connectivity index (χ1n) is 6.91. The summed E-state index contributed by atoms with van der Waals surface area (Å²) in [5.41, 5.74) is 9.19. The van der Waals surface area contributed by atoms with Crippen LogP contribution in [0, 0.1) is 13.8 Å². The van der Waals surface area contributed by atoms with Gasteiger partial charge in [-0.1, -0.05) is 12.8 Å². The first kappa shape index (κ1) is 14.3. The number of hydrogen-bond acceptors (Lipinski definition) is 4. The van der Waals surface area contributed by atoms with Crippen LogP contribution in [0.4, 0.5) is 0 Å². The van der Waals surface area contributed by atoms with Crippen molar-refractivity contribution in [1.82, 2.24) is 4.98 Å². The van der Waals surface area contributed by atoms with E-state index >= 15 is 0 Å². The van der Waals surface area contributed by atoms with Gasteiger partial charge in [-0.3, -0.25) is 4.98 Å². The summed E-state index contributed by atoms with van der Waals surface area (Å²) in [6.07, 6.45) is 6.40. The highest BCUT2D eigenvalue weighted by molar-refractivity contribution is 5.40. The van der Waals surface area contributed by atoms with Crippen LogP contribution in [0.25, 0.3) is 0 Å². The van der Waals surface area contributed by atoms with Gasteiger partial charge in [0.15, 0.2) is 0 Å². The smallest absolute Gasteiger partial charge is 0.128 e. The number of pyridine rings is 1. The molecule has 0 unspecified atom stereocenters. The molecule has 0 radical (unpaired) electrons. The number of hydrogen-bond donors (Lipinski definition) is 1. The third-order valence-corrected chi connectivity index (χ3v) is 3.98. The van der Waals surface area contributed by atoms with Crippen LogP contribution in [0.15, 0.2) is 6.20 Å². The van der Waals surface area contributed by atoms with Crippen LogP contribution in [0.5, 0.6) is 5.75 Å². The molecule has 19 heavy (non-hydrogen) atoms. The molecule has 0 amide bonds. The van der Waals surface area contributed by atoms with Crippen molar-refractivity contribution in [3.63, 3.8) is 0 Å². The number of methoxy groups -OCH3 is 1. The molecule has 1 aromatic heterocycles. The zero-order valence-corrected chi connectivity index (χ0v) is 12.2. The Morgan fingerprint density at radius 1 is 1.32 bits per heavy atom. The first-order valence-corrected chi connectivity index (χ1v) is 6.91. The predicted octanol–water partition coefficient (Wildman–Crippen LogP) is 2.50. The van der Waals surface area contributed by atoms with Crippen molar-refractivity contribution in [2.75, 3.05) is 13.7 Å². The van der Waals surface area contributed by atoms with Crippen LogP contribution in [0.3, 0.4) is 0 Å². The van der Waals surface area contributed by atoms with Gasteiger partial charge in [-0.05, 0) is 26.7 Å². The molecule has 1 fully saturated rings. The topological polar surface area (TPSA) is 57.4 Å². The van der Waals surface area contributed by atoms with E-state index in [-0.39, 0.29) is 5.54 Å². The van der Waals surface area contributed by atoms with E-state index in [0.717, 1.165) is 35.4 Å². The molecule has 0 saturated heterocycles. The number of nitrogens with zero attached hydrogens (tertiary/aromatic N) is 1. The largest absolute Gasteiger partial charge is 0.496 e. The van der Waals surface area contributed by atoms with E-state index in [2.05, 4.69) is 4.98 Å². The van der Waals surface area contributed by atoms with Gasteiger partial charge in [0, 0.05) is 22.9 Å². The standard InChI is InChI=1S/C15H24N2O2/c1-11-8-17-13(12(2)14(11)18-3)9-19-10-15(16)6-4-5-7-15/h8H,4-7,9-10,16H2,1-3H3. The van der Waals surface area contributed by atoms with E-state index < -0.39 is 0 Å².